The first-order valence-corrected chi connectivity index (χ1v) is 22.2. The van der Waals surface area contributed by atoms with Gasteiger partial charge < -0.3 is 64.2 Å². The maximum absolute atomic E-state index is 14.6. The van der Waals surface area contributed by atoms with Crippen molar-refractivity contribution in [3.63, 3.8) is 0 Å². The maximum Gasteiger partial charge on any atom is 0.311 e. The van der Waals surface area contributed by atoms with Gasteiger partial charge in [0.2, 0.25) is 5.91 Å². The van der Waals surface area contributed by atoms with E-state index in [0.29, 0.717) is 12.8 Å². The molecule has 0 aromatic heterocycles. The van der Waals surface area contributed by atoms with Crippen LogP contribution in [0.4, 0.5) is 0 Å². The first-order valence-electron chi connectivity index (χ1n) is 22.2. The molecule has 3 fully saturated rings. The second-order valence-electron chi connectivity index (χ2n) is 19.2. The van der Waals surface area contributed by atoms with E-state index < -0.39 is 108 Å². The van der Waals surface area contributed by atoms with E-state index in [9.17, 15) is 39.9 Å². The van der Waals surface area contributed by atoms with Gasteiger partial charge in [0, 0.05) is 56.7 Å². The van der Waals surface area contributed by atoms with E-state index in [1.165, 1.54) is 27.9 Å². The Hall–Kier alpha value is -2.61. The van der Waals surface area contributed by atoms with Crippen LogP contribution in [0.15, 0.2) is 30.3 Å². The van der Waals surface area contributed by atoms with Crippen LogP contribution >= 0.6 is 0 Å². The number of aliphatic hydroxyl groups excluding tert-OH is 3. The van der Waals surface area contributed by atoms with Crippen molar-refractivity contribution in [1.82, 2.24) is 10.2 Å². The Morgan fingerprint density at radius 2 is 1.55 bits per heavy atom. The lowest BCUT2D eigenvalue weighted by Crippen LogP contribution is -2.61. The predicted molar refractivity (Wildman–Crippen MR) is 228 cm³/mol. The number of aryl methyl sites for hydroxylation is 1. The van der Waals surface area contributed by atoms with Gasteiger partial charge in [-0.2, -0.15) is 0 Å². The lowest BCUT2D eigenvalue weighted by Gasteiger charge is -2.49. The first kappa shape index (κ1) is 52.0. The Morgan fingerprint density at radius 3 is 2.16 bits per heavy atom. The summed E-state index contributed by atoms with van der Waals surface area (Å²) >= 11 is 0. The standard InChI is InChI=1S/C46H76N2O14/c1-25-23-44(7,55)41(62-43-37(51)32(48(10)11)22-26(2)58-43)28(4)38(61-35-24-45(8,57-12)40(53)30(6)59-35)29(5)42(54)60-33(46(9,56)39(52)27(3)36(25)50)20-21-47-34(49)19-18-31-16-14-13-15-17-31/h13-17,25-30,32-33,35,37-41,43,51-53,55-56H,18-24H2,1-12H3,(H,47,49)/t25-,26-,27+,28+,29-,30+,32+,33-,35+,37-,38+,39-,40+,41-,43+,44-,45-,46-/m1/s1. The average Bonchev–Trinajstić information content (AvgIpc) is 3.21. The summed E-state index contributed by atoms with van der Waals surface area (Å²) in [4.78, 5) is 43.5. The fourth-order valence-electron chi connectivity index (χ4n) is 9.60. The number of nitrogens with one attached hydrogen (secondary N) is 1. The number of rotatable bonds is 12. The molecule has 0 bridgehead atoms. The lowest BCUT2D eigenvalue weighted by molar-refractivity contribution is -0.318. The topological polar surface area (TPSA) is 223 Å². The number of cyclic esters (lactones) is 1. The number of nitrogens with zero attached hydrogens (tertiary/aromatic N) is 1. The third-order valence-corrected chi connectivity index (χ3v) is 13.7. The van der Waals surface area contributed by atoms with Crippen LogP contribution in [0.1, 0.15) is 100.0 Å². The molecule has 62 heavy (non-hydrogen) atoms. The molecule has 0 spiro atoms. The van der Waals surface area contributed by atoms with E-state index in [0.717, 1.165) is 5.56 Å². The van der Waals surface area contributed by atoms with Crippen molar-refractivity contribution >= 4 is 17.7 Å². The number of Topliss-reactive ketones (excluding diaryl/α,β-unsaturated/α-hetero) is 1. The molecular formula is C46H76N2O14. The molecule has 1 aromatic rings. The van der Waals surface area contributed by atoms with Gasteiger partial charge in [0.25, 0.3) is 0 Å². The quantitative estimate of drug-likeness (QED) is 0.166. The van der Waals surface area contributed by atoms with Crippen LogP contribution in [0.5, 0.6) is 0 Å². The molecule has 4 rings (SSSR count). The Labute approximate surface area is 367 Å². The molecule has 0 unspecified atom stereocenters. The molecule has 18 atom stereocenters. The summed E-state index contributed by atoms with van der Waals surface area (Å²) < 4.78 is 37.6. The molecule has 1 amide bonds. The van der Waals surface area contributed by atoms with Gasteiger partial charge in [-0.1, -0.05) is 51.1 Å². The van der Waals surface area contributed by atoms with Gasteiger partial charge >= 0.3 is 5.97 Å². The summed E-state index contributed by atoms with van der Waals surface area (Å²) in [6.07, 6.45) is -10.2. The zero-order valence-corrected chi connectivity index (χ0v) is 38.9. The van der Waals surface area contributed by atoms with E-state index in [4.69, 9.17) is 28.4 Å². The second-order valence-corrected chi connectivity index (χ2v) is 19.2. The van der Waals surface area contributed by atoms with Crippen molar-refractivity contribution in [2.75, 3.05) is 27.7 Å². The molecule has 16 heteroatoms. The fraction of sp³-hybridized carbons (Fsp3) is 0.804. The van der Waals surface area contributed by atoms with Crippen molar-refractivity contribution in [2.45, 2.75) is 185 Å². The predicted octanol–water partition coefficient (Wildman–Crippen LogP) is 2.51. The minimum Gasteiger partial charge on any atom is -0.459 e. The zero-order chi connectivity index (χ0) is 46.5. The molecule has 3 saturated heterocycles. The van der Waals surface area contributed by atoms with Gasteiger partial charge in [0.05, 0.1) is 47.6 Å². The minimum atomic E-state index is -2.19. The number of ketones is 1. The molecule has 354 valence electrons. The molecule has 3 aliphatic rings. The van der Waals surface area contributed by atoms with Crippen molar-refractivity contribution < 1.29 is 68.3 Å². The minimum absolute atomic E-state index is 0.0293. The molecule has 0 radical (unpaired) electrons. The number of hydrogen-bond acceptors (Lipinski definition) is 15. The van der Waals surface area contributed by atoms with Gasteiger partial charge in [0.15, 0.2) is 12.6 Å². The van der Waals surface area contributed by atoms with E-state index in [1.807, 2.05) is 56.3 Å². The van der Waals surface area contributed by atoms with E-state index in [1.54, 1.807) is 34.6 Å². The van der Waals surface area contributed by atoms with Crippen molar-refractivity contribution in [1.29, 1.82) is 0 Å². The van der Waals surface area contributed by atoms with Crippen LogP contribution < -0.4 is 5.32 Å². The number of ether oxygens (including phenoxy) is 6. The number of aliphatic hydroxyl groups is 5. The number of benzene rings is 1. The Kier molecular flexibility index (Phi) is 18.1. The number of carbonyl (C=O) groups excluding carboxylic acids is 3. The van der Waals surface area contributed by atoms with Crippen LogP contribution in [-0.4, -0.2) is 160 Å². The van der Waals surface area contributed by atoms with Crippen LogP contribution in [0.2, 0.25) is 0 Å². The van der Waals surface area contributed by atoms with E-state index in [2.05, 4.69) is 5.32 Å². The maximum atomic E-state index is 14.6. The highest BCUT2D eigenvalue weighted by molar-refractivity contribution is 5.83. The number of esters is 1. The van der Waals surface area contributed by atoms with Crippen LogP contribution in [0, 0.1) is 23.7 Å². The molecular weight excluding hydrogens is 805 g/mol. The summed E-state index contributed by atoms with van der Waals surface area (Å²) in [5.74, 6) is -5.77. The number of amides is 1. The lowest BCUT2D eigenvalue weighted by atomic mass is 9.74. The van der Waals surface area contributed by atoms with Crippen LogP contribution in [0.3, 0.4) is 0 Å². The summed E-state index contributed by atoms with van der Waals surface area (Å²) in [5.41, 5.74) is -4.16. The largest absolute Gasteiger partial charge is 0.459 e. The van der Waals surface area contributed by atoms with Gasteiger partial charge in [-0.15, -0.1) is 0 Å². The second kappa shape index (κ2) is 21.6. The van der Waals surface area contributed by atoms with E-state index >= 15 is 0 Å². The van der Waals surface area contributed by atoms with Crippen molar-refractivity contribution in [3.8, 4) is 0 Å². The molecule has 3 aliphatic heterocycles. The van der Waals surface area contributed by atoms with Crippen LogP contribution in [0.25, 0.3) is 0 Å². The van der Waals surface area contributed by atoms with Gasteiger partial charge in [-0.3, -0.25) is 14.4 Å². The Morgan fingerprint density at radius 1 is 0.903 bits per heavy atom. The third kappa shape index (κ3) is 12.4. The number of carbonyl (C=O) groups is 3. The monoisotopic (exact) mass is 881 g/mol. The average molecular weight is 881 g/mol. The zero-order valence-electron chi connectivity index (χ0n) is 38.9. The van der Waals surface area contributed by atoms with E-state index in [-0.39, 0.29) is 50.3 Å². The number of hydrogen-bond donors (Lipinski definition) is 6. The highest BCUT2D eigenvalue weighted by Crippen LogP contribution is 2.41. The molecule has 6 N–H and O–H groups in total. The van der Waals surface area contributed by atoms with Crippen molar-refractivity contribution in [3.05, 3.63) is 35.9 Å². The normalized spacial score (nSPS) is 42.8. The van der Waals surface area contributed by atoms with Gasteiger partial charge in [-0.05, 0) is 80.5 Å². The molecule has 16 nitrogen and oxygen atoms in total. The Bertz CT molecular complexity index is 1610. The number of likely N-dealkylation sites (N-methyl/N-ethyl adjacent to an activating group) is 1. The summed E-state index contributed by atoms with van der Waals surface area (Å²) in [6.45, 7) is 14.4. The molecule has 3 heterocycles. The summed E-state index contributed by atoms with van der Waals surface area (Å²) in [6, 6.07) is 9.16. The van der Waals surface area contributed by atoms with Gasteiger partial charge in [0.1, 0.15) is 29.7 Å². The molecule has 0 aliphatic carbocycles. The summed E-state index contributed by atoms with van der Waals surface area (Å²) in [7, 11) is 5.14. The smallest absolute Gasteiger partial charge is 0.311 e. The third-order valence-electron chi connectivity index (χ3n) is 13.7. The number of methoxy groups -OCH3 is 1. The Balaban J connectivity index is 1.76. The molecule has 1 aromatic carbocycles. The van der Waals surface area contributed by atoms with Crippen LogP contribution in [-0.2, 0) is 49.2 Å². The summed E-state index contributed by atoms with van der Waals surface area (Å²) in [5, 5.41) is 61.8. The fourth-order valence-corrected chi connectivity index (χ4v) is 9.60. The molecule has 0 saturated carbocycles. The van der Waals surface area contributed by atoms with Crippen molar-refractivity contribution in [2.24, 2.45) is 23.7 Å². The highest BCUT2D eigenvalue weighted by atomic mass is 16.7. The SMILES string of the molecule is CO[C@]1(C)C[C@H](O[C@H]2[C@H](C)[C@@H](O[C@@H]3O[C@H](C)C[C@H](N(C)C)[C@H]3O)[C@](C)(O)C[C@@H](C)C(=O)[C@H](C)[C@@H](O)[C@](C)(O)[C@@H](CCNC(=O)CCc3ccccc3)OC(=O)[C@@H]2C)O[C@@H](C)[C@@H]1O. The highest BCUT2D eigenvalue weighted by Gasteiger charge is 2.53. The van der Waals surface area contributed by atoms with Gasteiger partial charge in [-0.25, -0.2) is 0 Å². The first-order chi connectivity index (χ1) is 28.8.